The highest BCUT2D eigenvalue weighted by atomic mass is 19.1. The van der Waals surface area contributed by atoms with Crippen LogP contribution in [0.15, 0.2) is 42.5 Å². The van der Waals surface area contributed by atoms with Crippen molar-refractivity contribution >= 4 is 0 Å². The number of aryl methyl sites for hydroxylation is 1. The molecule has 106 valence electrons. The third-order valence-electron chi connectivity index (χ3n) is 3.42. The second-order valence-electron chi connectivity index (χ2n) is 5.16. The quantitative estimate of drug-likeness (QED) is 0.878. The van der Waals surface area contributed by atoms with Gasteiger partial charge in [0.1, 0.15) is 11.6 Å². The minimum absolute atomic E-state index is 0.152. The summed E-state index contributed by atoms with van der Waals surface area (Å²) in [7, 11) is 1.87. The van der Waals surface area contributed by atoms with Crippen LogP contribution in [-0.2, 0) is 12.8 Å². The minimum atomic E-state index is -0.523. The van der Waals surface area contributed by atoms with Gasteiger partial charge in [-0.25, -0.2) is 8.78 Å². The van der Waals surface area contributed by atoms with Gasteiger partial charge < -0.3 is 5.32 Å². The van der Waals surface area contributed by atoms with Gasteiger partial charge in [-0.2, -0.15) is 0 Å². The fraction of sp³-hybridized carbons (Fsp3) is 0.294. The molecule has 1 atom stereocenters. The Hall–Kier alpha value is -1.74. The summed E-state index contributed by atoms with van der Waals surface area (Å²) in [6.45, 7) is 2.05. The number of nitrogens with one attached hydrogen (secondary N) is 1. The fourth-order valence-corrected chi connectivity index (χ4v) is 2.30. The molecule has 0 aromatic heterocycles. The number of hydrogen-bond donors (Lipinski definition) is 1. The Labute approximate surface area is 118 Å². The maximum absolute atomic E-state index is 13.2. The summed E-state index contributed by atoms with van der Waals surface area (Å²) >= 11 is 0. The maximum Gasteiger partial charge on any atom is 0.126 e. The zero-order valence-corrected chi connectivity index (χ0v) is 11.8. The Bertz CT molecular complexity index is 543. The van der Waals surface area contributed by atoms with Crippen molar-refractivity contribution in [3.63, 3.8) is 0 Å². The first-order chi connectivity index (χ1) is 9.56. The first kappa shape index (κ1) is 14.7. The molecule has 1 nitrogen and oxygen atoms in total. The first-order valence-corrected chi connectivity index (χ1v) is 6.74. The van der Waals surface area contributed by atoms with Crippen LogP contribution < -0.4 is 5.32 Å². The average molecular weight is 275 g/mol. The summed E-state index contributed by atoms with van der Waals surface area (Å²) in [5.41, 5.74) is 3.11. The molecular weight excluding hydrogens is 256 g/mol. The predicted molar refractivity (Wildman–Crippen MR) is 77.8 cm³/mol. The third-order valence-corrected chi connectivity index (χ3v) is 3.42. The van der Waals surface area contributed by atoms with Gasteiger partial charge >= 0.3 is 0 Å². The van der Waals surface area contributed by atoms with Crippen molar-refractivity contribution in [1.82, 2.24) is 5.32 Å². The maximum atomic E-state index is 13.2. The number of rotatable bonds is 5. The van der Waals surface area contributed by atoms with Crippen LogP contribution in [0.3, 0.4) is 0 Å². The number of halogens is 2. The lowest BCUT2D eigenvalue weighted by molar-refractivity contribution is 0.543. The van der Waals surface area contributed by atoms with E-state index in [0.29, 0.717) is 12.0 Å². The van der Waals surface area contributed by atoms with Crippen LogP contribution in [0.2, 0.25) is 0 Å². The van der Waals surface area contributed by atoms with E-state index >= 15 is 0 Å². The molecule has 2 rings (SSSR count). The standard InChI is InChI=1S/C17H19F2N/c1-12-3-5-13(6-4-12)9-17(20-2)10-14-7-15(18)11-16(19)8-14/h3-8,11,17,20H,9-10H2,1-2H3. The van der Waals surface area contributed by atoms with Crippen LogP contribution in [0.25, 0.3) is 0 Å². The van der Waals surface area contributed by atoms with E-state index in [0.717, 1.165) is 12.5 Å². The van der Waals surface area contributed by atoms with Crippen molar-refractivity contribution in [1.29, 1.82) is 0 Å². The number of benzene rings is 2. The van der Waals surface area contributed by atoms with Crippen LogP contribution in [0, 0.1) is 18.6 Å². The Balaban J connectivity index is 2.06. The molecule has 1 unspecified atom stereocenters. The van der Waals surface area contributed by atoms with Gasteiger partial charge in [0, 0.05) is 12.1 Å². The fourth-order valence-electron chi connectivity index (χ4n) is 2.30. The van der Waals surface area contributed by atoms with E-state index in [9.17, 15) is 8.78 Å². The molecule has 0 aliphatic carbocycles. The zero-order valence-electron chi connectivity index (χ0n) is 11.8. The second-order valence-corrected chi connectivity index (χ2v) is 5.16. The molecule has 2 aromatic rings. The second kappa shape index (κ2) is 6.62. The summed E-state index contributed by atoms with van der Waals surface area (Å²) in [5, 5.41) is 3.21. The van der Waals surface area contributed by atoms with Gasteiger partial charge in [-0.3, -0.25) is 0 Å². The van der Waals surface area contributed by atoms with E-state index in [4.69, 9.17) is 0 Å². The smallest absolute Gasteiger partial charge is 0.126 e. The van der Waals surface area contributed by atoms with Gasteiger partial charge in [-0.1, -0.05) is 29.8 Å². The van der Waals surface area contributed by atoms with E-state index in [1.807, 2.05) is 7.05 Å². The predicted octanol–water partition coefficient (Wildman–Crippen LogP) is 3.65. The molecule has 0 amide bonds. The molecule has 0 heterocycles. The molecular formula is C17H19F2N. The molecule has 0 saturated carbocycles. The first-order valence-electron chi connectivity index (χ1n) is 6.74. The molecule has 0 aliphatic rings. The van der Waals surface area contributed by atoms with E-state index in [2.05, 4.69) is 36.5 Å². The molecule has 20 heavy (non-hydrogen) atoms. The van der Waals surface area contributed by atoms with Crippen LogP contribution in [0.1, 0.15) is 16.7 Å². The zero-order chi connectivity index (χ0) is 14.5. The topological polar surface area (TPSA) is 12.0 Å². The van der Waals surface area contributed by atoms with Crippen molar-refractivity contribution in [2.24, 2.45) is 0 Å². The molecule has 0 aliphatic heterocycles. The highest BCUT2D eigenvalue weighted by molar-refractivity contribution is 5.24. The van der Waals surface area contributed by atoms with Crippen molar-refractivity contribution in [2.75, 3.05) is 7.05 Å². The van der Waals surface area contributed by atoms with E-state index in [1.165, 1.54) is 23.3 Å². The minimum Gasteiger partial charge on any atom is -0.316 e. The summed E-state index contributed by atoms with van der Waals surface area (Å²) < 4.78 is 26.4. The van der Waals surface area contributed by atoms with Crippen molar-refractivity contribution in [2.45, 2.75) is 25.8 Å². The van der Waals surface area contributed by atoms with Gasteiger partial charge in [0.25, 0.3) is 0 Å². The normalized spacial score (nSPS) is 12.4. The monoisotopic (exact) mass is 275 g/mol. The van der Waals surface area contributed by atoms with E-state index in [1.54, 1.807) is 0 Å². The third kappa shape index (κ3) is 4.14. The number of likely N-dealkylation sites (N-methyl/N-ethyl adjacent to an activating group) is 1. The van der Waals surface area contributed by atoms with Crippen LogP contribution in [0.4, 0.5) is 8.78 Å². The largest absolute Gasteiger partial charge is 0.316 e. The number of hydrogen-bond acceptors (Lipinski definition) is 1. The lowest BCUT2D eigenvalue weighted by Gasteiger charge is -2.16. The summed E-state index contributed by atoms with van der Waals surface area (Å²) in [6, 6.07) is 12.2. The molecule has 3 heteroatoms. The molecule has 0 spiro atoms. The molecule has 0 bridgehead atoms. The van der Waals surface area contributed by atoms with Crippen molar-refractivity contribution in [3.05, 3.63) is 70.8 Å². The van der Waals surface area contributed by atoms with Crippen molar-refractivity contribution in [3.8, 4) is 0 Å². The Morgan fingerprint density at radius 3 is 2.00 bits per heavy atom. The summed E-state index contributed by atoms with van der Waals surface area (Å²) in [4.78, 5) is 0. The van der Waals surface area contributed by atoms with Crippen LogP contribution >= 0.6 is 0 Å². The average Bonchev–Trinajstić information content (AvgIpc) is 2.39. The van der Waals surface area contributed by atoms with Gasteiger partial charge in [0.05, 0.1) is 0 Å². The van der Waals surface area contributed by atoms with Crippen molar-refractivity contribution < 1.29 is 8.78 Å². The lowest BCUT2D eigenvalue weighted by atomic mass is 9.98. The van der Waals surface area contributed by atoms with Gasteiger partial charge in [0.15, 0.2) is 0 Å². The summed E-state index contributed by atoms with van der Waals surface area (Å²) in [6.07, 6.45) is 1.42. The molecule has 0 radical (unpaired) electrons. The Morgan fingerprint density at radius 2 is 1.45 bits per heavy atom. The van der Waals surface area contributed by atoms with Crippen LogP contribution in [-0.4, -0.2) is 13.1 Å². The Morgan fingerprint density at radius 1 is 0.900 bits per heavy atom. The summed E-state index contributed by atoms with van der Waals surface area (Å²) in [5.74, 6) is -1.05. The SMILES string of the molecule is CNC(Cc1ccc(C)cc1)Cc1cc(F)cc(F)c1. The van der Waals surface area contributed by atoms with E-state index in [-0.39, 0.29) is 6.04 Å². The molecule has 1 N–H and O–H groups in total. The highest BCUT2D eigenvalue weighted by Gasteiger charge is 2.10. The lowest BCUT2D eigenvalue weighted by Crippen LogP contribution is -2.30. The van der Waals surface area contributed by atoms with Gasteiger partial charge in [-0.05, 0) is 50.1 Å². The van der Waals surface area contributed by atoms with E-state index < -0.39 is 11.6 Å². The van der Waals surface area contributed by atoms with Gasteiger partial charge in [0.2, 0.25) is 0 Å². The van der Waals surface area contributed by atoms with Crippen LogP contribution in [0.5, 0.6) is 0 Å². The van der Waals surface area contributed by atoms with Gasteiger partial charge in [-0.15, -0.1) is 0 Å². The Kier molecular flexibility index (Phi) is 4.85. The highest BCUT2D eigenvalue weighted by Crippen LogP contribution is 2.13. The molecule has 0 fully saturated rings. The molecule has 2 aromatic carbocycles. The molecule has 0 saturated heterocycles.